The molecule has 1 aromatic carbocycles. The summed E-state index contributed by atoms with van der Waals surface area (Å²) in [5.74, 6) is -1.10. The van der Waals surface area contributed by atoms with Gasteiger partial charge >= 0.3 is 11.9 Å². The van der Waals surface area contributed by atoms with Gasteiger partial charge in [-0.25, -0.2) is 9.59 Å². The van der Waals surface area contributed by atoms with Gasteiger partial charge in [0.2, 0.25) is 0 Å². The van der Waals surface area contributed by atoms with Crippen LogP contribution in [0.5, 0.6) is 0 Å². The van der Waals surface area contributed by atoms with Crippen LogP contribution in [-0.4, -0.2) is 24.2 Å². The predicted molar refractivity (Wildman–Crippen MR) is 118 cm³/mol. The maximum Gasteiger partial charge on any atom is 0.332 e. The number of hydrogen-bond acceptors (Lipinski definition) is 3. The van der Waals surface area contributed by atoms with E-state index in [1.165, 1.54) is 25.5 Å². The molecule has 0 saturated heterocycles. The Balaban J connectivity index is 0. The third kappa shape index (κ3) is 16.8. The lowest BCUT2D eigenvalue weighted by Gasteiger charge is -2.01. The molecule has 4 nitrogen and oxygen atoms in total. The Morgan fingerprint density at radius 3 is 2.04 bits per heavy atom. The van der Waals surface area contributed by atoms with Gasteiger partial charge in [0, 0.05) is 11.1 Å². The molecule has 1 aromatic rings. The second kappa shape index (κ2) is 19.2. The topological polar surface area (TPSA) is 63.6 Å². The second-order valence-electron chi connectivity index (χ2n) is 6.14. The molecule has 0 aliphatic rings. The number of hydrogen-bond donors (Lipinski definition) is 1. The van der Waals surface area contributed by atoms with Crippen LogP contribution in [0.15, 0.2) is 60.7 Å². The van der Waals surface area contributed by atoms with E-state index in [0.717, 1.165) is 25.7 Å². The monoisotopic (exact) mass is 388 g/mol. The number of unbranched alkanes of at least 4 members (excludes halogenated alkanes) is 3. The lowest BCUT2D eigenvalue weighted by Crippen LogP contribution is -2.00. The third-order valence-electron chi connectivity index (χ3n) is 3.59. The van der Waals surface area contributed by atoms with Gasteiger partial charge < -0.3 is 9.84 Å². The summed E-state index contributed by atoms with van der Waals surface area (Å²) in [7, 11) is 1.33. The minimum absolute atomic E-state index is 0.347. The fourth-order valence-electron chi connectivity index (χ4n) is 2.05. The maximum atomic E-state index is 10.7. The Morgan fingerprint density at radius 2 is 1.71 bits per heavy atom. The highest BCUT2D eigenvalue weighted by atomic mass is 16.5. The first-order valence-corrected chi connectivity index (χ1v) is 9.67. The summed E-state index contributed by atoms with van der Waals surface area (Å²) in [5.41, 5.74) is 2.19. The number of carbonyl (C=O) groups excluding carboxylic acids is 1. The first kappa shape index (κ1) is 27.6. The lowest BCUT2D eigenvalue weighted by molar-refractivity contribution is -0.136. The van der Waals surface area contributed by atoms with Gasteiger partial charge in [0.15, 0.2) is 0 Å². The Morgan fingerprint density at radius 1 is 1.11 bits per heavy atom. The van der Waals surface area contributed by atoms with Crippen LogP contribution in [0, 0.1) is 0 Å². The van der Waals surface area contributed by atoms with Crippen molar-refractivity contribution in [2.45, 2.75) is 59.3 Å². The molecule has 28 heavy (non-hydrogen) atoms. The van der Waals surface area contributed by atoms with Gasteiger partial charge in [-0.2, -0.15) is 0 Å². The Kier molecular flexibility index (Phi) is 18.9. The summed E-state index contributed by atoms with van der Waals surface area (Å²) >= 11 is 0. The van der Waals surface area contributed by atoms with Crippen molar-refractivity contribution in [2.24, 2.45) is 0 Å². The molecule has 0 saturated carbocycles. The molecule has 1 rings (SSSR count). The van der Waals surface area contributed by atoms with Crippen molar-refractivity contribution in [2.75, 3.05) is 7.11 Å². The average Bonchev–Trinajstić information content (AvgIpc) is 2.71. The van der Waals surface area contributed by atoms with Crippen LogP contribution >= 0.6 is 0 Å². The number of methoxy groups -OCH3 is 1. The van der Waals surface area contributed by atoms with Crippen molar-refractivity contribution in [1.29, 1.82) is 0 Å². The Hall–Kier alpha value is -2.62. The standard InChI is InChI=1S/C11H20O2.C8H8.C5H8O2/c1-3-5-6-7-9-10(8-4-2)11(12)13;1-2-8-6-4-3-5-7-8;1-4(2)5(6)7-3/h8H,3-7,9H2,1-2H3,(H,12,13);2-7H,1H2;1H2,2-3H3. The molecule has 0 atom stereocenters. The number of carbonyl (C=O) groups is 2. The van der Waals surface area contributed by atoms with E-state index in [1.807, 2.05) is 49.4 Å². The molecule has 0 aromatic heterocycles. The van der Waals surface area contributed by atoms with Crippen molar-refractivity contribution in [3.05, 3.63) is 66.3 Å². The molecule has 0 unspecified atom stereocenters. The van der Waals surface area contributed by atoms with Crippen LogP contribution in [0.2, 0.25) is 0 Å². The molecular formula is C24H36O4. The highest BCUT2D eigenvalue weighted by molar-refractivity contribution is 5.86. The van der Waals surface area contributed by atoms with Crippen molar-refractivity contribution < 1.29 is 19.4 Å². The number of aliphatic carboxylic acids is 1. The third-order valence-corrected chi connectivity index (χ3v) is 3.59. The van der Waals surface area contributed by atoms with E-state index < -0.39 is 5.97 Å². The zero-order valence-corrected chi connectivity index (χ0v) is 17.9. The van der Waals surface area contributed by atoms with Crippen LogP contribution < -0.4 is 0 Å². The van der Waals surface area contributed by atoms with Crippen molar-refractivity contribution >= 4 is 18.0 Å². The van der Waals surface area contributed by atoms with Crippen LogP contribution in [0.1, 0.15) is 64.9 Å². The van der Waals surface area contributed by atoms with Crippen LogP contribution in [0.25, 0.3) is 6.08 Å². The summed E-state index contributed by atoms with van der Waals surface area (Å²) in [5, 5.41) is 8.79. The van der Waals surface area contributed by atoms with Gasteiger partial charge in [0.05, 0.1) is 7.11 Å². The van der Waals surface area contributed by atoms with E-state index in [2.05, 4.69) is 24.8 Å². The normalized spacial score (nSPS) is 9.79. The van der Waals surface area contributed by atoms with Crippen molar-refractivity contribution in [3.63, 3.8) is 0 Å². The molecule has 0 spiro atoms. The number of benzene rings is 1. The number of carboxylic acids is 1. The van der Waals surface area contributed by atoms with Gasteiger partial charge in [-0.15, -0.1) is 0 Å². The van der Waals surface area contributed by atoms with Crippen LogP contribution in [0.4, 0.5) is 0 Å². The first-order chi connectivity index (χ1) is 13.3. The van der Waals surface area contributed by atoms with E-state index in [1.54, 1.807) is 6.92 Å². The van der Waals surface area contributed by atoms with Crippen LogP contribution in [-0.2, 0) is 14.3 Å². The summed E-state index contributed by atoms with van der Waals surface area (Å²) in [6.45, 7) is 12.7. The molecule has 1 N–H and O–H groups in total. The lowest BCUT2D eigenvalue weighted by atomic mass is 10.1. The van der Waals surface area contributed by atoms with Crippen LogP contribution in [0.3, 0.4) is 0 Å². The molecule has 0 aliphatic heterocycles. The number of esters is 1. The van der Waals surface area contributed by atoms with Gasteiger partial charge in [0.1, 0.15) is 0 Å². The molecule has 0 bridgehead atoms. The van der Waals surface area contributed by atoms with Crippen molar-refractivity contribution in [1.82, 2.24) is 0 Å². The summed E-state index contributed by atoms with van der Waals surface area (Å²) in [4.78, 5) is 20.9. The molecule has 0 aliphatic carbocycles. The first-order valence-electron chi connectivity index (χ1n) is 9.67. The van der Waals surface area contributed by atoms with Gasteiger partial charge in [-0.3, -0.25) is 0 Å². The fourth-order valence-corrected chi connectivity index (χ4v) is 2.05. The number of allylic oxidation sites excluding steroid dienone is 1. The van der Waals surface area contributed by atoms with E-state index in [4.69, 9.17) is 5.11 Å². The molecule has 0 radical (unpaired) electrons. The predicted octanol–water partition coefficient (Wildman–Crippen LogP) is 6.44. The molecule has 0 amide bonds. The largest absolute Gasteiger partial charge is 0.478 e. The number of ether oxygens (including phenoxy) is 1. The highest BCUT2D eigenvalue weighted by Crippen LogP contribution is 2.11. The molecule has 156 valence electrons. The smallest absolute Gasteiger partial charge is 0.332 e. The number of rotatable bonds is 9. The SMILES string of the molecule is C=C(C)C(=O)OC.C=Cc1ccccc1.CCC=C(CCCCCC)C(=O)O. The second-order valence-corrected chi connectivity index (χ2v) is 6.14. The summed E-state index contributed by atoms with van der Waals surface area (Å²) in [6, 6.07) is 10.0. The van der Waals surface area contributed by atoms with Gasteiger partial charge in [-0.1, -0.05) is 88.8 Å². The molecule has 0 heterocycles. The molecule has 4 heteroatoms. The Bertz CT molecular complexity index is 600. The Labute approximate surface area is 170 Å². The molecular weight excluding hydrogens is 352 g/mol. The quantitative estimate of drug-likeness (QED) is 0.300. The number of carboxylic acid groups (broad SMARTS) is 1. The van der Waals surface area contributed by atoms with E-state index in [0.29, 0.717) is 11.1 Å². The minimum Gasteiger partial charge on any atom is -0.478 e. The van der Waals surface area contributed by atoms with E-state index in [9.17, 15) is 9.59 Å². The summed E-state index contributed by atoms with van der Waals surface area (Å²) in [6.07, 6.45) is 9.74. The minimum atomic E-state index is -0.752. The van der Waals surface area contributed by atoms with Gasteiger partial charge in [-0.05, 0) is 31.7 Å². The zero-order valence-electron chi connectivity index (χ0n) is 17.9. The average molecular weight is 389 g/mol. The summed E-state index contributed by atoms with van der Waals surface area (Å²) < 4.78 is 4.27. The zero-order chi connectivity index (χ0) is 21.8. The maximum absolute atomic E-state index is 10.7. The highest BCUT2D eigenvalue weighted by Gasteiger charge is 2.04. The fraction of sp³-hybridized carbons (Fsp3) is 0.417. The van der Waals surface area contributed by atoms with Gasteiger partial charge in [0.25, 0.3) is 0 Å². The van der Waals surface area contributed by atoms with E-state index in [-0.39, 0.29) is 5.97 Å². The molecule has 0 fully saturated rings. The van der Waals surface area contributed by atoms with Crippen molar-refractivity contribution in [3.8, 4) is 0 Å². The van der Waals surface area contributed by atoms with E-state index >= 15 is 0 Å².